The second kappa shape index (κ2) is 8.26. The van der Waals surface area contributed by atoms with E-state index in [1.807, 2.05) is 12.1 Å². The minimum absolute atomic E-state index is 0.0461. The normalized spacial score (nSPS) is 11.5. The van der Waals surface area contributed by atoms with Crippen LogP contribution in [0.2, 0.25) is 0 Å². The number of carbonyl (C=O) groups excluding carboxylic acids is 1. The Morgan fingerprint density at radius 1 is 1.19 bits per heavy atom. The van der Waals surface area contributed by atoms with Crippen LogP contribution in [0.5, 0.6) is 5.75 Å². The average Bonchev–Trinajstić information content (AvgIpc) is 3.10. The standard InChI is InChI=1S/C23H21F2N5O2/c1-23(24,25)17-4-3-11-27-19(17)13-30-20-10-5-14(21(26)31)12-18(20)29-22(30)28-15-6-8-16(32-2)9-7-15/h3-12H,13H2,1-2H3,(H2,26,31)(H,28,29). The molecule has 0 aliphatic rings. The average molecular weight is 437 g/mol. The summed E-state index contributed by atoms with van der Waals surface area (Å²) in [4.78, 5) is 20.4. The van der Waals surface area contributed by atoms with Crippen LogP contribution in [0.25, 0.3) is 11.0 Å². The second-order valence-corrected chi connectivity index (χ2v) is 7.33. The molecule has 2 aromatic carbocycles. The van der Waals surface area contributed by atoms with Crippen molar-refractivity contribution in [3.05, 3.63) is 77.6 Å². The van der Waals surface area contributed by atoms with Crippen LogP contribution in [0.15, 0.2) is 60.8 Å². The summed E-state index contributed by atoms with van der Waals surface area (Å²) in [6.07, 6.45) is 1.48. The monoisotopic (exact) mass is 437 g/mol. The van der Waals surface area contributed by atoms with Crippen molar-refractivity contribution in [2.24, 2.45) is 5.73 Å². The molecule has 7 nitrogen and oxygen atoms in total. The van der Waals surface area contributed by atoms with E-state index in [2.05, 4.69) is 15.3 Å². The number of fused-ring (bicyclic) bond motifs is 1. The first-order valence-corrected chi connectivity index (χ1v) is 9.79. The molecule has 3 N–H and O–H groups in total. The number of primary amides is 1. The number of nitrogens with two attached hydrogens (primary N) is 1. The van der Waals surface area contributed by atoms with Gasteiger partial charge in [-0.3, -0.25) is 9.78 Å². The molecule has 32 heavy (non-hydrogen) atoms. The highest BCUT2D eigenvalue weighted by atomic mass is 19.3. The van der Waals surface area contributed by atoms with Crippen LogP contribution < -0.4 is 15.8 Å². The molecule has 164 valence electrons. The Morgan fingerprint density at radius 2 is 1.94 bits per heavy atom. The van der Waals surface area contributed by atoms with Crippen molar-refractivity contribution in [2.75, 3.05) is 12.4 Å². The maximum absolute atomic E-state index is 14.2. The summed E-state index contributed by atoms with van der Waals surface area (Å²) in [5, 5.41) is 3.21. The Labute approximate surface area is 182 Å². The summed E-state index contributed by atoms with van der Waals surface area (Å²) in [5.41, 5.74) is 7.62. The summed E-state index contributed by atoms with van der Waals surface area (Å²) in [6, 6.07) is 14.9. The van der Waals surface area contributed by atoms with Crippen molar-refractivity contribution in [3.63, 3.8) is 0 Å². The van der Waals surface area contributed by atoms with E-state index in [0.29, 0.717) is 28.3 Å². The molecule has 4 rings (SSSR count). The lowest BCUT2D eigenvalue weighted by Crippen LogP contribution is -2.15. The number of hydrogen-bond donors (Lipinski definition) is 2. The third-order valence-corrected chi connectivity index (χ3v) is 5.05. The van der Waals surface area contributed by atoms with E-state index in [4.69, 9.17) is 10.5 Å². The number of imidazole rings is 1. The lowest BCUT2D eigenvalue weighted by atomic mass is 10.1. The van der Waals surface area contributed by atoms with Gasteiger partial charge in [0, 0.05) is 29.9 Å². The highest BCUT2D eigenvalue weighted by Crippen LogP contribution is 2.31. The Kier molecular flexibility index (Phi) is 5.48. The van der Waals surface area contributed by atoms with Crippen molar-refractivity contribution >= 4 is 28.6 Å². The molecular formula is C23H21F2N5O2. The Balaban J connectivity index is 1.82. The molecule has 2 heterocycles. The number of methoxy groups -OCH3 is 1. The van der Waals surface area contributed by atoms with Crippen LogP contribution >= 0.6 is 0 Å². The predicted octanol–water partition coefficient (Wildman–Crippen LogP) is 4.44. The Hall–Kier alpha value is -4.01. The molecular weight excluding hydrogens is 416 g/mol. The molecule has 0 atom stereocenters. The van der Waals surface area contributed by atoms with Gasteiger partial charge in [0.1, 0.15) is 5.75 Å². The molecule has 0 fully saturated rings. The zero-order chi connectivity index (χ0) is 22.9. The Bertz CT molecular complexity index is 1280. The molecule has 0 spiro atoms. The number of hydrogen-bond acceptors (Lipinski definition) is 5. The first-order chi connectivity index (χ1) is 15.3. The van der Waals surface area contributed by atoms with Gasteiger partial charge in [0.15, 0.2) is 0 Å². The van der Waals surface area contributed by atoms with Gasteiger partial charge >= 0.3 is 0 Å². The number of amides is 1. The van der Waals surface area contributed by atoms with E-state index < -0.39 is 11.8 Å². The summed E-state index contributed by atoms with van der Waals surface area (Å²) >= 11 is 0. The van der Waals surface area contributed by atoms with Crippen LogP contribution in [0, 0.1) is 0 Å². The highest BCUT2D eigenvalue weighted by molar-refractivity contribution is 5.96. The fourth-order valence-corrected chi connectivity index (χ4v) is 3.46. The molecule has 0 radical (unpaired) electrons. The SMILES string of the molecule is COc1ccc(Nc2nc3cc(C(N)=O)ccc3n2Cc2ncccc2C(C)(F)F)cc1. The largest absolute Gasteiger partial charge is 0.497 e. The molecule has 0 unspecified atom stereocenters. The number of anilines is 2. The van der Waals surface area contributed by atoms with Crippen molar-refractivity contribution in [3.8, 4) is 5.75 Å². The van der Waals surface area contributed by atoms with Gasteiger partial charge in [-0.05, 0) is 54.6 Å². The van der Waals surface area contributed by atoms with Crippen LogP contribution in [0.1, 0.15) is 28.5 Å². The lowest BCUT2D eigenvalue weighted by Gasteiger charge is -2.17. The fourth-order valence-electron chi connectivity index (χ4n) is 3.46. The molecule has 0 aliphatic heterocycles. The number of benzene rings is 2. The second-order valence-electron chi connectivity index (χ2n) is 7.33. The van der Waals surface area contributed by atoms with Gasteiger partial charge < -0.3 is 20.4 Å². The number of rotatable bonds is 7. The third-order valence-electron chi connectivity index (χ3n) is 5.05. The number of carbonyl (C=O) groups is 1. The van der Waals surface area contributed by atoms with E-state index in [9.17, 15) is 13.6 Å². The van der Waals surface area contributed by atoms with Crippen LogP contribution in [-0.4, -0.2) is 27.6 Å². The van der Waals surface area contributed by atoms with Crippen molar-refractivity contribution < 1.29 is 18.3 Å². The van der Waals surface area contributed by atoms with Crippen LogP contribution in [-0.2, 0) is 12.5 Å². The minimum Gasteiger partial charge on any atom is -0.497 e. The van der Waals surface area contributed by atoms with Crippen LogP contribution in [0.3, 0.4) is 0 Å². The van der Waals surface area contributed by atoms with Crippen LogP contribution in [0.4, 0.5) is 20.4 Å². The van der Waals surface area contributed by atoms with E-state index in [0.717, 1.165) is 12.6 Å². The molecule has 2 aromatic heterocycles. The highest BCUT2D eigenvalue weighted by Gasteiger charge is 2.28. The van der Waals surface area contributed by atoms with Gasteiger partial charge in [-0.2, -0.15) is 0 Å². The zero-order valence-corrected chi connectivity index (χ0v) is 17.5. The van der Waals surface area contributed by atoms with E-state index in [1.165, 1.54) is 18.3 Å². The molecule has 1 amide bonds. The summed E-state index contributed by atoms with van der Waals surface area (Å²) in [7, 11) is 1.58. The number of nitrogens with zero attached hydrogens (tertiary/aromatic N) is 3. The topological polar surface area (TPSA) is 95.1 Å². The first kappa shape index (κ1) is 21.2. The molecule has 4 aromatic rings. The van der Waals surface area contributed by atoms with E-state index >= 15 is 0 Å². The number of halogens is 2. The number of pyridine rings is 1. The summed E-state index contributed by atoms with van der Waals surface area (Å²) in [5.74, 6) is -2.53. The number of alkyl halides is 2. The third kappa shape index (κ3) is 4.22. The van der Waals surface area contributed by atoms with Crippen molar-refractivity contribution in [1.82, 2.24) is 14.5 Å². The fraction of sp³-hybridized carbons (Fsp3) is 0.174. The molecule has 0 saturated heterocycles. The smallest absolute Gasteiger partial charge is 0.272 e. The van der Waals surface area contributed by atoms with Crippen molar-refractivity contribution in [2.45, 2.75) is 19.4 Å². The van der Waals surface area contributed by atoms with Gasteiger partial charge in [-0.1, -0.05) is 0 Å². The molecule has 0 bridgehead atoms. The lowest BCUT2D eigenvalue weighted by molar-refractivity contribution is 0.0160. The zero-order valence-electron chi connectivity index (χ0n) is 17.5. The van der Waals surface area contributed by atoms with Gasteiger partial charge in [-0.25, -0.2) is 13.8 Å². The van der Waals surface area contributed by atoms with Gasteiger partial charge in [0.05, 0.1) is 30.4 Å². The quantitative estimate of drug-likeness (QED) is 0.446. The number of ether oxygens (including phenoxy) is 1. The Morgan fingerprint density at radius 3 is 2.59 bits per heavy atom. The maximum Gasteiger partial charge on any atom is 0.272 e. The number of aromatic nitrogens is 3. The number of nitrogens with one attached hydrogen (secondary N) is 1. The summed E-state index contributed by atoms with van der Waals surface area (Å²) in [6.45, 7) is 0.889. The van der Waals surface area contributed by atoms with Gasteiger partial charge in [0.25, 0.3) is 5.92 Å². The molecule has 9 heteroatoms. The predicted molar refractivity (Wildman–Crippen MR) is 117 cm³/mol. The van der Waals surface area contributed by atoms with E-state index in [1.54, 1.807) is 42.0 Å². The van der Waals surface area contributed by atoms with Crippen molar-refractivity contribution in [1.29, 1.82) is 0 Å². The van der Waals surface area contributed by atoms with Gasteiger partial charge in [-0.15, -0.1) is 0 Å². The first-order valence-electron chi connectivity index (χ1n) is 9.79. The minimum atomic E-state index is -3.05. The maximum atomic E-state index is 14.2. The van der Waals surface area contributed by atoms with Gasteiger partial charge in [0.2, 0.25) is 11.9 Å². The van der Waals surface area contributed by atoms with E-state index in [-0.39, 0.29) is 17.8 Å². The molecule has 0 aliphatic carbocycles. The molecule has 0 saturated carbocycles. The summed E-state index contributed by atoms with van der Waals surface area (Å²) < 4.78 is 35.3.